The molecule has 1 aliphatic carbocycles. The molecule has 6 aromatic rings. The van der Waals surface area contributed by atoms with E-state index in [9.17, 15) is 0 Å². The van der Waals surface area contributed by atoms with Crippen LogP contribution in [-0.4, -0.2) is 4.57 Å². The molecule has 0 saturated heterocycles. The summed E-state index contributed by atoms with van der Waals surface area (Å²) in [5, 5.41) is 2.59. The summed E-state index contributed by atoms with van der Waals surface area (Å²) in [7, 11) is 0. The van der Waals surface area contributed by atoms with Crippen molar-refractivity contribution in [1.82, 2.24) is 4.57 Å². The second-order valence-corrected chi connectivity index (χ2v) is 11.1. The van der Waals surface area contributed by atoms with Gasteiger partial charge in [0.1, 0.15) is 0 Å². The van der Waals surface area contributed by atoms with Gasteiger partial charge in [0.2, 0.25) is 0 Å². The van der Waals surface area contributed by atoms with Gasteiger partial charge in [0.05, 0.1) is 11.0 Å². The summed E-state index contributed by atoms with van der Waals surface area (Å²) in [4.78, 5) is 0. The van der Waals surface area contributed by atoms with Crippen LogP contribution in [0, 0.1) is 0 Å². The molecule has 1 aliphatic rings. The number of aromatic nitrogens is 1. The number of para-hydroxylation sites is 2. The zero-order valence-corrected chi connectivity index (χ0v) is 21.0. The molecule has 7 rings (SSSR count). The summed E-state index contributed by atoms with van der Waals surface area (Å²) in [6.45, 7) is 6.88. The van der Waals surface area contributed by atoms with Crippen molar-refractivity contribution in [3.63, 3.8) is 0 Å². The second kappa shape index (κ2) is 7.70. The first-order chi connectivity index (χ1) is 17.5. The Morgan fingerprint density at radius 1 is 0.556 bits per heavy atom. The first-order valence-electron chi connectivity index (χ1n) is 12.8. The van der Waals surface area contributed by atoms with E-state index in [1.165, 1.54) is 66.4 Å². The number of nitrogens with zero attached hydrogens (tertiary/aromatic N) is 1. The molecule has 36 heavy (non-hydrogen) atoms. The number of fused-ring (bicyclic) bond motifs is 6. The van der Waals surface area contributed by atoms with E-state index in [0.717, 1.165) is 6.42 Å². The number of benzene rings is 5. The highest BCUT2D eigenvalue weighted by Gasteiger charge is 2.22. The van der Waals surface area contributed by atoms with E-state index < -0.39 is 0 Å². The lowest BCUT2D eigenvalue weighted by Crippen LogP contribution is -2.10. The monoisotopic (exact) mass is 463 g/mol. The van der Waals surface area contributed by atoms with Crippen molar-refractivity contribution in [3.8, 4) is 27.9 Å². The average molecular weight is 464 g/mol. The van der Waals surface area contributed by atoms with Crippen LogP contribution in [0.25, 0.3) is 49.7 Å². The van der Waals surface area contributed by atoms with Gasteiger partial charge in [0.25, 0.3) is 0 Å². The second-order valence-electron chi connectivity index (χ2n) is 11.1. The van der Waals surface area contributed by atoms with Gasteiger partial charge in [-0.1, -0.05) is 93.6 Å². The van der Waals surface area contributed by atoms with Gasteiger partial charge >= 0.3 is 0 Å². The Hall–Kier alpha value is -4.10. The SMILES string of the molecule is CC(C)(C)c1ccc2c(c1)-c1cc(-c3ccc4c(c3)c3ccccc3n4-c3ccccc3)ccc1C2. The molecule has 1 nitrogen and oxygen atoms in total. The zero-order chi connectivity index (χ0) is 24.4. The van der Waals surface area contributed by atoms with Gasteiger partial charge < -0.3 is 4.57 Å². The predicted octanol–water partition coefficient (Wildman–Crippen LogP) is 9.32. The van der Waals surface area contributed by atoms with Crippen LogP contribution in [0.4, 0.5) is 0 Å². The van der Waals surface area contributed by atoms with Crippen molar-refractivity contribution in [3.05, 3.63) is 126 Å². The van der Waals surface area contributed by atoms with E-state index >= 15 is 0 Å². The van der Waals surface area contributed by atoms with Gasteiger partial charge in [-0.2, -0.15) is 0 Å². The van der Waals surface area contributed by atoms with E-state index in [1.54, 1.807) is 0 Å². The summed E-state index contributed by atoms with van der Waals surface area (Å²) >= 11 is 0. The van der Waals surface area contributed by atoms with E-state index in [4.69, 9.17) is 0 Å². The van der Waals surface area contributed by atoms with Gasteiger partial charge in [-0.05, 0) is 87.2 Å². The van der Waals surface area contributed by atoms with E-state index in [1.807, 2.05) is 0 Å². The fourth-order valence-corrected chi connectivity index (χ4v) is 5.82. The van der Waals surface area contributed by atoms with Gasteiger partial charge in [-0.3, -0.25) is 0 Å². The Kier molecular flexibility index (Phi) is 4.53. The minimum absolute atomic E-state index is 0.146. The molecule has 1 aromatic heterocycles. The largest absolute Gasteiger partial charge is 0.309 e. The molecule has 0 amide bonds. The predicted molar refractivity (Wildman–Crippen MR) is 153 cm³/mol. The molecule has 0 unspecified atom stereocenters. The van der Waals surface area contributed by atoms with Crippen molar-refractivity contribution >= 4 is 21.8 Å². The lowest BCUT2D eigenvalue weighted by molar-refractivity contribution is 0.590. The van der Waals surface area contributed by atoms with Gasteiger partial charge in [-0.15, -0.1) is 0 Å². The van der Waals surface area contributed by atoms with Crippen LogP contribution in [0.15, 0.2) is 109 Å². The standard InChI is InChI=1S/C35H29N/c1-35(2,3)27-17-15-26-19-25-14-13-23(20-30(25)31(26)22-27)24-16-18-34-32(21-24)29-11-7-8-12-33(29)36(34)28-9-5-4-6-10-28/h4-18,20-22H,19H2,1-3H3. The van der Waals surface area contributed by atoms with Crippen molar-refractivity contribution in [2.45, 2.75) is 32.6 Å². The van der Waals surface area contributed by atoms with Crippen molar-refractivity contribution < 1.29 is 0 Å². The number of hydrogen-bond donors (Lipinski definition) is 0. The molecule has 5 aromatic carbocycles. The molecule has 0 saturated carbocycles. The Morgan fingerprint density at radius 2 is 1.19 bits per heavy atom. The molecule has 1 heterocycles. The van der Waals surface area contributed by atoms with Crippen LogP contribution in [0.1, 0.15) is 37.5 Å². The topological polar surface area (TPSA) is 4.93 Å². The van der Waals surface area contributed by atoms with Crippen LogP contribution in [0.5, 0.6) is 0 Å². The quantitative estimate of drug-likeness (QED) is 0.241. The maximum absolute atomic E-state index is 2.42. The summed E-state index contributed by atoms with van der Waals surface area (Å²) in [6.07, 6.45) is 1.03. The summed E-state index contributed by atoms with van der Waals surface area (Å²) in [6, 6.07) is 40.4. The van der Waals surface area contributed by atoms with Crippen LogP contribution in [0.3, 0.4) is 0 Å². The summed E-state index contributed by atoms with van der Waals surface area (Å²) < 4.78 is 2.38. The van der Waals surface area contributed by atoms with Crippen LogP contribution < -0.4 is 0 Å². The smallest absolute Gasteiger partial charge is 0.0541 e. The highest BCUT2D eigenvalue weighted by Crippen LogP contribution is 2.42. The van der Waals surface area contributed by atoms with Crippen LogP contribution in [0.2, 0.25) is 0 Å². The molecule has 0 aliphatic heterocycles. The molecular formula is C35H29N. The van der Waals surface area contributed by atoms with Crippen LogP contribution >= 0.6 is 0 Å². The average Bonchev–Trinajstić information content (AvgIpc) is 3.43. The normalized spacial score (nSPS) is 12.8. The highest BCUT2D eigenvalue weighted by molar-refractivity contribution is 6.10. The molecular weight excluding hydrogens is 434 g/mol. The maximum atomic E-state index is 2.42. The highest BCUT2D eigenvalue weighted by atomic mass is 15.0. The Bertz CT molecular complexity index is 1780. The van der Waals surface area contributed by atoms with Crippen molar-refractivity contribution in [1.29, 1.82) is 0 Å². The van der Waals surface area contributed by atoms with Gasteiger partial charge in [0, 0.05) is 16.5 Å². The third kappa shape index (κ3) is 3.23. The minimum Gasteiger partial charge on any atom is -0.309 e. The maximum Gasteiger partial charge on any atom is 0.0541 e. The molecule has 0 atom stereocenters. The van der Waals surface area contributed by atoms with E-state index in [-0.39, 0.29) is 5.41 Å². The molecule has 0 radical (unpaired) electrons. The third-order valence-electron chi connectivity index (χ3n) is 7.78. The minimum atomic E-state index is 0.146. The summed E-state index contributed by atoms with van der Waals surface area (Å²) in [5.41, 5.74) is 13.4. The third-order valence-corrected chi connectivity index (χ3v) is 7.78. The van der Waals surface area contributed by atoms with Gasteiger partial charge in [0.15, 0.2) is 0 Å². The molecule has 0 N–H and O–H groups in total. The van der Waals surface area contributed by atoms with E-state index in [0.29, 0.717) is 0 Å². The van der Waals surface area contributed by atoms with Crippen molar-refractivity contribution in [2.24, 2.45) is 0 Å². The lowest BCUT2D eigenvalue weighted by Gasteiger charge is -2.20. The van der Waals surface area contributed by atoms with E-state index in [2.05, 4.69) is 135 Å². The number of hydrogen-bond acceptors (Lipinski definition) is 0. The Labute approximate surface area is 212 Å². The summed E-state index contributed by atoms with van der Waals surface area (Å²) in [5.74, 6) is 0. The zero-order valence-electron chi connectivity index (χ0n) is 21.0. The first kappa shape index (κ1) is 21.2. The first-order valence-corrected chi connectivity index (χ1v) is 12.8. The lowest BCUT2D eigenvalue weighted by atomic mass is 9.85. The number of rotatable bonds is 2. The Morgan fingerprint density at radius 3 is 2.00 bits per heavy atom. The fourth-order valence-electron chi connectivity index (χ4n) is 5.82. The molecule has 1 heteroatoms. The fraction of sp³-hybridized carbons (Fsp3) is 0.143. The molecule has 0 spiro atoms. The molecule has 174 valence electrons. The van der Waals surface area contributed by atoms with Crippen molar-refractivity contribution in [2.75, 3.05) is 0 Å². The molecule has 0 fully saturated rings. The Balaban J connectivity index is 1.40. The van der Waals surface area contributed by atoms with Crippen LogP contribution in [-0.2, 0) is 11.8 Å². The van der Waals surface area contributed by atoms with Gasteiger partial charge in [-0.25, -0.2) is 0 Å². The molecule has 0 bridgehead atoms.